The first-order valence-corrected chi connectivity index (χ1v) is 8.92. The number of likely N-dealkylation sites (N-methyl/N-ethyl adjacent to an activating group) is 1. The second-order valence-corrected chi connectivity index (χ2v) is 6.68. The van der Waals surface area contributed by atoms with Crippen molar-refractivity contribution in [1.29, 1.82) is 0 Å². The summed E-state index contributed by atoms with van der Waals surface area (Å²) in [5.74, 6) is 0. The third-order valence-corrected chi connectivity index (χ3v) is 4.49. The quantitative estimate of drug-likeness (QED) is 0.586. The summed E-state index contributed by atoms with van der Waals surface area (Å²) in [6.07, 6.45) is 5.90. The number of carbonyl (C=O) groups excluding carboxylic acids is 1. The molecule has 3 nitrogen and oxygen atoms in total. The number of aldehydes is 1. The lowest BCUT2D eigenvalue weighted by Gasteiger charge is -2.20. The van der Waals surface area contributed by atoms with Gasteiger partial charge in [0.15, 0.2) is 0 Å². The summed E-state index contributed by atoms with van der Waals surface area (Å²) in [7, 11) is 6.43. The molecule has 0 bridgehead atoms. The molecule has 0 aliphatic heterocycles. The number of carbonyl (C=O) groups is 1. The lowest BCUT2D eigenvalue weighted by Crippen LogP contribution is -2.26. The van der Waals surface area contributed by atoms with E-state index in [-0.39, 0.29) is 0 Å². The van der Waals surface area contributed by atoms with Crippen molar-refractivity contribution in [1.82, 2.24) is 9.80 Å². The van der Waals surface area contributed by atoms with E-state index in [1.807, 2.05) is 0 Å². The molecule has 0 saturated carbocycles. The van der Waals surface area contributed by atoms with Gasteiger partial charge in [-0.3, -0.25) is 0 Å². The molecule has 0 heterocycles. The molecule has 0 unspecified atom stereocenters. The largest absolute Gasteiger partial charge is 0.309 e. The first-order valence-electron chi connectivity index (χ1n) is 8.92. The summed E-state index contributed by atoms with van der Waals surface area (Å²) in [4.78, 5) is 15.6. The summed E-state index contributed by atoms with van der Waals surface area (Å²) >= 11 is 0. The summed E-state index contributed by atoms with van der Waals surface area (Å²) in [5, 5.41) is 0. The van der Waals surface area contributed by atoms with Gasteiger partial charge < -0.3 is 14.6 Å². The van der Waals surface area contributed by atoms with Crippen molar-refractivity contribution in [2.75, 3.05) is 40.8 Å². The predicted octanol–water partition coefficient (Wildman–Crippen LogP) is 2.98. The van der Waals surface area contributed by atoms with E-state index in [1.165, 1.54) is 28.7 Å². The van der Waals surface area contributed by atoms with Crippen molar-refractivity contribution in [3.8, 4) is 0 Å². The molecule has 1 rings (SSSR count). The number of rotatable bonds is 11. The minimum Gasteiger partial charge on any atom is -0.309 e. The molecule has 130 valence electrons. The molecule has 0 atom stereocenters. The zero-order valence-electron chi connectivity index (χ0n) is 15.7. The minimum absolute atomic E-state index is 0.538. The van der Waals surface area contributed by atoms with E-state index < -0.39 is 0 Å². The maximum atomic E-state index is 11.0. The Labute approximate surface area is 142 Å². The first-order chi connectivity index (χ1) is 11.0. The molecular formula is C20H34N2O. The van der Waals surface area contributed by atoms with Gasteiger partial charge in [-0.05, 0) is 82.2 Å². The Bertz CT molecular complexity index is 483. The van der Waals surface area contributed by atoms with Gasteiger partial charge in [-0.15, -0.1) is 0 Å². The van der Waals surface area contributed by atoms with E-state index in [0.29, 0.717) is 6.42 Å². The number of aryl methyl sites for hydroxylation is 2. The molecule has 0 fully saturated rings. The van der Waals surface area contributed by atoms with Crippen LogP contribution in [0.4, 0.5) is 0 Å². The van der Waals surface area contributed by atoms with Crippen LogP contribution in [0.5, 0.6) is 0 Å². The van der Waals surface area contributed by atoms with E-state index in [0.717, 1.165) is 45.2 Å². The Morgan fingerprint density at radius 2 is 1.48 bits per heavy atom. The van der Waals surface area contributed by atoms with Crippen LogP contribution in [0.2, 0.25) is 0 Å². The van der Waals surface area contributed by atoms with Crippen LogP contribution in [0.25, 0.3) is 0 Å². The Morgan fingerprint density at radius 1 is 0.870 bits per heavy atom. The fraction of sp³-hybridized carbons (Fsp3) is 0.650. The van der Waals surface area contributed by atoms with Crippen molar-refractivity contribution in [3.63, 3.8) is 0 Å². The molecule has 0 amide bonds. The number of hydrogen-bond donors (Lipinski definition) is 0. The standard InChI is InChI=1S/C20H34N2O/c1-6-17-15-19(20(10-14-23)16-18(17)7-2)9-13-22(5)12-8-11-21(3)4/h14-16H,6-13H2,1-5H3. The van der Waals surface area contributed by atoms with Gasteiger partial charge in [0.25, 0.3) is 0 Å². The van der Waals surface area contributed by atoms with E-state index in [4.69, 9.17) is 0 Å². The molecule has 0 aromatic heterocycles. The Morgan fingerprint density at radius 3 is 2.00 bits per heavy atom. The lowest BCUT2D eigenvalue weighted by molar-refractivity contribution is -0.107. The van der Waals surface area contributed by atoms with Gasteiger partial charge in [0.2, 0.25) is 0 Å². The van der Waals surface area contributed by atoms with Gasteiger partial charge >= 0.3 is 0 Å². The highest BCUT2D eigenvalue weighted by Crippen LogP contribution is 2.20. The van der Waals surface area contributed by atoms with Gasteiger partial charge in [0.05, 0.1) is 0 Å². The second kappa shape index (κ2) is 10.6. The zero-order chi connectivity index (χ0) is 17.2. The van der Waals surface area contributed by atoms with E-state index in [1.54, 1.807) is 0 Å². The first kappa shape index (κ1) is 19.9. The van der Waals surface area contributed by atoms with Crippen molar-refractivity contribution in [2.45, 2.75) is 46.0 Å². The SMILES string of the molecule is CCc1cc(CC=O)c(CCN(C)CCCN(C)C)cc1CC. The van der Waals surface area contributed by atoms with Crippen LogP contribution >= 0.6 is 0 Å². The van der Waals surface area contributed by atoms with E-state index in [9.17, 15) is 4.79 Å². The monoisotopic (exact) mass is 318 g/mol. The van der Waals surface area contributed by atoms with Crippen molar-refractivity contribution in [3.05, 3.63) is 34.4 Å². The molecule has 23 heavy (non-hydrogen) atoms. The molecule has 3 heteroatoms. The van der Waals surface area contributed by atoms with Crippen molar-refractivity contribution < 1.29 is 4.79 Å². The minimum atomic E-state index is 0.538. The van der Waals surface area contributed by atoms with Gasteiger partial charge in [-0.1, -0.05) is 26.0 Å². The maximum Gasteiger partial charge on any atom is 0.124 e. The van der Waals surface area contributed by atoms with Crippen LogP contribution in [0.15, 0.2) is 12.1 Å². The highest BCUT2D eigenvalue weighted by atomic mass is 16.1. The molecule has 0 radical (unpaired) electrons. The Kier molecular flexibility index (Phi) is 9.12. The average molecular weight is 319 g/mol. The van der Waals surface area contributed by atoms with Crippen LogP contribution in [0.1, 0.15) is 42.5 Å². The van der Waals surface area contributed by atoms with Crippen molar-refractivity contribution >= 4 is 6.29 Å². The van der Waals surface area contributed by atoms with Gasteiger partial charge in [-0.2, -0.15) is 0 Å². The number of nitrogens with zero attached hydrogens (tertiary/aromatic N) is 2. The smallest absolute Gasteiger partial charge is 0.124 e. The van der Waals surface area contributed by atoms with Crippen LogP contribution in [-0.4, -0.2) is 56.9 Å². The lowest BCUT2D eigenvalue weighted by atomic mass is 9.92. The third kappa shape index (κ3) is 6.84. The van der Waals surface area contributed by atoms with Crippen LogP contribution in [0.3, 0.4) is 0 Å². The van der Waals surface area contributed by atoms with E-state index in [2.05, 4.69) is 56.9 Å². The third-order valence-electron chi connectivity index (χ3n) is 4.49. The predicted molar refractivity (Wildman–Crippen MR) is 99.3 cm³/mol. The van der Waals surface area contributed by atoms with Crippen LogP contribution < -0.4 is 0 Å². The van der Waals surface area contributed by atoms with Gasteiger partial charge in [0, 0.05) is 13.0 Å². The van der Waals surface area contributed by atoms with Gasteiger partial charge in [-0.25, -0.2) is 0 Å². The number of benzene rings is 1. The van der Waals surface area contributed by atoms with E-state index >= 15 is 0 Å². The highest BCUT2D eigenvalue weighted by molar-refractivity contribution is 5.57. The summed E-state index contributed by atoms with van der Waals surface area (Å²) in [6.45, 7) is 7.71. The number of hydrogen-bond acceptors (Lipinski definition) is 3. The maximum absolute atomic E-state index is 11.0. The Hall–Kier alpha value is -1.19. The Balaban J connectivity index is 2.71. The molecule has 0 N–H and O–H groups in total. The van der Waals surface area contributed by atoms with Crippen LogP contribution in [-0.2, 0) is 30.5 Å². The normalized spacial score (nSPS) is 11.4. The molecule has 1 aromatic rings. The molecule has 0 aliphatic rings. The zero-order valence-corrected chi connectivity index (χ0v) is 15.7. The second-order valence-electron chi connectivity index (χ2n) is 6.68. The van der Waals surface area contributed by atoms with Crippen molar-refractivity contribution in [2.24, 2.45) is 0 Å². The topological polar surface area (TPSA) is 23.6 Å². The highest BCUT2D eigenvalue weighted by Gasteiger charge is 2.09. The summed E-state index contributed by atoms with van der Waals surface area (Å²) in [5.41, 5.74) is 5.40. The summed E-state index contributed by atoms with van der Waals surface area (Å²) < 4.78 is 0. The van der Waals surface area contributed by atoms with Crippen LogP contribution in [0, 0.1) is 0 Å². The molecule has 0 saturated heterocycles. The summed E-state index contributed by atoms with van der Waals surface area (Å²) in [6, 6.07) is 4.60. The van der Waals surface area contributed by atoms with Gasteiger partial charge in [0.1, 0.15) is 6.29 Å². The fourth-order valence-corrected chi connectivity index (χ4v) is 3.04. The molecule has 1 aromatic carbocycles. The molecule has 0 aliphatic carbocycles. The molecular weight excluding hydrogens is 284 g/mol. The fourth-order valence-electron chi connectivity index (χ4n) is 3.04. The molecule has 0 spiro atoms. The average Bonchev–Trinajstić information content (AvgIpc) is 2.53.